The summed E-state index contributed by atoms with van der Waals surface area (Å²) in [5.41, 5.74) is 2.81. The molecular weight excluding hydrogens is 368 g/mol. The van der Waals surface area contributed by atoms with E-state index in [-0.39, 0.29) is 0 Å². The molecule has 3 fully saturated rings. The third-order valence-electron chi connectivity index (χ3n) is 5.79. The van der Waals surface area contributed by atoms with Gasteiger partial charge < -0.3 is 4.90 Å². The first-order chi connectivity index (χ1) is 11.2. The van der Waals surface area contributed by atoms with Crippen molar-refractivity contribution in [3.63, 3.8) is 0 Å². The minimum absolute atomic E-state index is 0.418. The molecule has 0 bridgehead atoms. The van der Waals surface area contributed by atoms with Crippen molar-refractivity contribution in [1.29, 1.82) is 0 Å². The Balaban J connectivity index is 1.70. The molecule has 1 heterocycles. The molecule has 0 unspecified atom stereocenters. The van der Waals surface area contributed by atoms with Crippen LogP contribution in [0.15, 0.2) is 27.7 Å². The van der Waals surface area contributed by atoms with E-state index < -0.39 is 0 Å². The van der Waals surface area contributed by atoms with Crippen molar-refractivity contribution in [2.75, 3.05) is 5.75 Å². The Bertz CT molecular complexity index is 616. The predicted molar refractivity (Wildman–Crippen MR) is 104 cm³/mol. The van der Waals surface area contributed by atoms with Crippen LogP contribution in [0.1, 0.15) is 56.9 Å². The van der Waals surface area contributed by atoms with E-state index in [1.165, 1.54) is 67.9 Å². The van der Waals surface area contributed by atoms with Gasteiger partial charge in [-0.2, -0.15) is 0 Å². The molecule has 1 aromatic carbocycles. The van der Waals surface area contributed by atoms with Crippen molar-refractivity contribution in [2.45, 2.75) is 69.9 Å². The second kappa shape index (κ2) is 6.44. The fraction of sp³-hybridized carbons (Fsp3) is 0.632. The van der Waals surface area contributed by atoms with Gasteiger partial charge in [0.05, 0.1) is 11.2 Å². The van der Waals surface area contributed by atoms with Gasteiger partial charge >= 0.3 is 0 Å². The molecule has 4 rings (SSSR count). The van der Waals surface area contributed by atoms with E-state index in [2.05, 4.69) is 46.0 Å². The molecule has 1 saturated heterocycles. The van der Waals surface area contributed by atoms with Crippen molar-refractivity contribution < 1.29 is 0 Å². The molecule has 0 atom stereocenters. The quantitative estimate of drug-likeness (QED) is 0.608. The van der Waals surface area contributed by atoms with Gasteiger partial charge in [0.1, 0.15) is 0 Å². The van der Waals surface area contributed by atoms with E-state index in [9.17, 15) is 0 Å². The minimum atomic E-state index is 0.418. The normalized spacial score (nSPS) is 26.0. The Morgan fingerprint density at radius 1 is 1.17 bits per heavy atom. The van der Waals surface area contributed by atoms with Crippen molar-refractivity contribution >= 4 is 38.5 Å². The summed E-state index contributed by atoms with van der Waals surface area (Å²) in [4.78, 5) is 7.91. The van der Waals surface area contributed by atoms with Gasteiger partial charge in [0, 0.05) is 16.3 Å². The van der Waals surface area contributed by atoms with Gasteiger partial charge in [0.15, 0.2) is 5.17 Å². The number of aliphatic imine (C=N–C) groups is 1. The predicted octanol–water partition coefficient (Wildman–Crippen LogP) is 6.05. The highest BCUT2D eigenvalue weighted by Gasteiger charge is 2.49. The first kappa shape index (κ1) is 16.0. The van der Waals surface area contributed by atoms with Crippen LogP contribution >= 0.6 is 27.7 Å². The molecule has 4 heteroatoms. The third kappa shape index (κ3) is 2.97. The number of hydrogen-bond acceptors (Lipinski definition) is 2. The maximum atomic E-state index is 5.13. The second-order valence-electron chi connectivity index (χ2n) is 7.35. The largest absolute Gasteiger partial charge is 0.342 e. The van der Waals surface area contributed by atoms with Crippen LogP contribution < -0.4 is 0 Å². The van der Waals surface area contributed by atoms with E-state index >= 15 is 0 Å². The third-order valence-corrected chi connectivity index (χ3v) is 7.51. The van der Waals surface area contributed by atoms with E-state index in [0.29, 0.717) is 5.54 Å². The smallest absolute Gasteiger partial charge is 0.165 e. The topological polar surface area (TPSA) is 15.6 Å². The minimum Gasteiger partial charge on any atom is -0.342 e. The Labute approximate surface area is 152 Å². The summed E-state index contributed by atoms with van der Waals surface area (Å²) in [5.74, 6) is 1.25. The average molecular weight is 393 g/mol. The van der Waals surface area contributed by atoms with Crippen LogP contribution in [-0.2, 0) is 0 Å². The molecular formula is C19H25BrN2S. The lowest BCUT2D eigenvalue weighted by Gasteiger charge is -2.40. The number of hydrogen-bond donors (Lipinski definition) is 0. The lowest BCUT2D eigenvalue weighted by Crippen LogP contribution is -2.50. The molecule has 1 aromatic rings. The highest BCUT2D eigenvalue weighted by atomic mass is 79.9. The summed E-state index contributed by atoms with van der Waals surface area (Å²) in [6, 6.07) is 7.17. The molecule has 2 nitrogen and oxygen atoms in total. The van der Waals surface area contributed by atoms with Crippen LogP contribution in [0.3, 0.4) is 0 Å². The van der Waals surface area contributed by atoms with Crippen LogP contribution in [0.4, 0.5) is 5.69 Å². The number of rotatable bonds is 2. The van der Waals surface area contributed by atoms with Crippen LogP contribution in [0, 0.1) is 6.92 Å². The van der Waals surface area contributed by atoms with Gasteiger partial charge in [-0.15, -0.1) is 0 Å². The molecule has 23 heavy (non-hydrogen) atoms. The van der Waals surface area contributed by atoms with Gasteiger partial charge in [-0.25, -0.2) is 4.99 Å². The van der Waals surface area contributed by atoms with E-state index in [1.807, 2.05) is 11.8 Å². The lowest BCUT2D eigenvalue weighted by molar-refractivity contribution is 0.163. The van der Waals surface area contributed by atoms with Gasteiger partial charge in [0.25, 0.3) is 0 Å². The Morgan fingerprint density at radius 3 is 2.61 bits per heavy atom. The van der Waals surface area contributed by atoms with Crippen molar-refractivity contribution in [3.8, 4) is 0 Å². The van der Waals surface area contributed by atoms with E-state index in [4.69, 9.17) is 4.99 Å². The molecule has 1 aliphatic heterocycles. The maximum Gasteiger partial charge on any atom is 0.165 e. The monoisotopic (exact) mass is 392 g/mol. The molecule has 0 aromatic heterocycles. The first-order valence-corrected chi connectivity index (χ1v) is 10.7. The van der Waals surface area contributed by atoms with Crippen molar-refractivity contribution in [2.24, 2.45) is 4.99 Å². The number of aryl methyl sites for hydroxylation is 1. The molecule has 0 N–H and O–H groups in total. The van der Waals surface area contributed by atoms with Gasteiger partial charge in [0.2, 0.25) is 0 Å². The fourth-order valence-electron chi connectivity index (χ4n) is 4.60. The number of nitrogens with zero attached hydrogens (tertiary/aromatic N) is 2. The summed E-state index contributed by atoms with van der Waals surface area (Å²) in [6.07, 6.45) is 11.0. The summed E-state index contributed by atoms with van der Waals surface area (Å²) in [6.45, 7) is 2.16. The summed E-state index contributed by atoms with van der Waals surface area (Å²) >= 11 is 5.56. The molecule has 2 aliphatic carbocycles. The highest BCUT2D eigenvalue weighted by molar-refractivity contribution is 9.10. The molecule has 0 radical (unpaired) electrons. The second-order valence-corrected chi connectivity index (χ2v) is 9.21. The molecule has 3 aliphatic rings. The standard InChI is InChI=1S/C19H25BrN2S/c1-14-12-15(20)8-9-17(14)21-18-22(16-6-2-3-7-16)19(13-23-18)10-4-5-11-19/h8-9,12,16H,2-7,10-11,13H2,1H3/b21-18+. The van der Waals surface area contributed by atoms with Crippen molar-refractivity contribution in [3.05, 3.63) is 28.2 Å². The lowest BCUT2D eigenvalue weighted by atomic mass is 9.95. The summed E-state index contributed by atoms with van der Waals surface area (Å²) in [7, 11) is 0. The molecule has 2 saturated carbocycles. The van der Waals surface area contributed by atoms with Crippen LogP contribution in [0.5, 0.6) is 0 Å². The fourth-order valence-corrected chi connectivity index (χ4v) is 6.54. The molecule has 0 amide bonds. The Hall–Kier alpha value is -0.480. The number of benzene rings is 1. The summed E-state index contributed by atoms with van der Waals surface area (Å²) < 4.78 is 1.14. The Kier molecular flexibility index (Phi) is 4.48. The molecule has 1 spiro atoms. The van der Waals surface area contributed by atoms with Gasteiger partial charge in [-0.3, -0.25) is 0 Å². The first-order valence-electron chi connectivity index (χ1n) is 8.95. The van der Waals surface area contributed by atoms with Crippen LogP contribution in [0.25, 0.3) is 0 Å². The number of amidine groups is 1. The van der Waals surface area contributed by atoms with Crippen molar-refractivity contribution in [1.82, 2.24) is 4.90 Å². The zero-order chi connectivity index (χ0) is 15.9. The van der Waals surface area contributed by atoms with Crippen LogP contribution in [-0.4, -0.2) is 27.4 Å². The number of thioether (sulfide) groups is 1. The van der Waals surface area contributed by atoms with E-state index in [0.717, 1.165) is 16.2 Å². The average Bonchev–Trinajstić information content (AvgIpc) is 3.25. The zero-order valence-electron chi connectivity index (χ0n) is 13.9. The SMILES string of the molecule is Cc1cc(Br)ccc1/N=C1/SCC2(CCCC2)N1C1CCCC1. The van der Waals surface area contributed by atoms with E-state index in [1.54, 1.807) is 0 Å². The number of halogens is 1. The zero-order valence-corrected chi connectivity index (χ0v) is 16.3. The van der Waals surface area contributed by atoms with Crippen LogP contribution in [0.2, 0.25) is 0 Å². The highest BCUT2D eigenvalue weighted by Crippen LogP contribution is 2.48. The molecule has 124 valence electrons. The maximum absolute atomic E-state index is 5.13. The van der Waals surface area contributed by atoms with Gasteiger partial charge in [-0.1, -0.05) is 53.4 Å². The Morgan fingerprint density at radius 2 is 1.91 bits per heavy atom. The summed E-state index contributed by atoms with van der Waals surface area (Å²) in [5, 5.41) is 1.30. The van der Waals surface area contributed by atoms with Gasteiger partial charge in [-0.05, 0) is 56.4 Å².